The fraction of sp³-hybridized carbons (Fsp3) is 0.333. The number of allylic oxidation sites excluding steroid dienone is 1. The van der Waals surface area contributed by atoms with Crippen LogP contribution in [-0.2, 0) is 11.2 Å². The summed E-state index contributed by atoms with van der Waals surface area (Å²) >= 11 is 0. The zero-order valence-electron chi connectivity index (χ0n) is 20.4. The predicted molar refractivity (Wildman–Crippen MR) is 141 cm³/mol. The molecule has 2 aliphatic carbocycles. The summed E-state index contributed by atoms with van der Waals surface area (Å²) in [5.41, 5.74) is 9.41. The van der Waals surface area contributed by atoms with Gasteiger partial charge in [0.25, 0.3) is 0 Å². The Morgan fingerprint density at radius 3 is 2.39 bits per heavy atom. The Balaban J connectivity index is 1.29. The van der Waals surface area contributed by atoms with Crippen molar-refractivity contribution < 1.29 is 4.79 Å². The quantitative estimate of drug-likeness (QED) is 0.537. The van der Waals surface area contributed by atoms with Gasteiger partial charge in [-0.15, -0.1) is 0 Å². The summed E-state index contributed by atoms with van der Waals surface area (Å²) in [4.78, 5) is 22.9. The van der Waals surface area contributed by atoms with Crippen LogP contribution in [0.25, 0.3) is 5.70 Å². The van der Waals surface area contributed by atoms with Crippen LogP contribution in [0.3, 0.4) is 0 Å². The lowest BCUT2D eigenvalue weighted by atomic mass is 9.77. The van der Waals surface area contributed by atoms with Gasteiger partial charge in [-0.25, -0.2) is 0 Å². The minimum absolute atomic E-state index is 0.127. The Morgan fingerprint density at radius 1 is 0.917 bits per heavy atom. The molecule has 0 spiro atoms. The highest BCUT2D eigenvalue weighted by molar-refractivity contribution is 6.04. The largest absolute Gasteiger partial charge is 0.355 e. The highest BCUT2D eigenvalue weighted by Crippen LogP contribution is 2.55. The number of carbonyl (C=O) groups is 1. The molecule has 2 saturated carbocycles. The van der Waals surface area contributed by atoms with Crippen molar-refractivity contribution in [1.82, 2.24) is 20.7 Å². The maximum absolute atomic E-state index is 13.6. The first-order chi connectivity index (χ1) is 17.7. The van der Waals surface area contributed by atoms with Crippen LogP contribution < -0.4 is 10.7 Å². The van der Waals surface area contributed by atoms with Gasteiger partial charge < -0.3 is 5.32 Å². The van der Waals surface area contributed by atoms with Gasteiger partial charge in [-0.05, 0) is 79.8 Å². The molecule has 1 aliphatic heterocycles. The first kappa shape index (κ1) is 22.7. The van der Waals surface area contributed by atoms with Crippen molar-refractivity contribution in [3.05, 3.63) is 102 Å². The molecule has 182 valence electrons. The van der Waals surface area contributed by atoms with Crippen LogP contribution in [0, 0.1) is 17.3 Å². The molecule has 0 saturated heterocycles. The van der Waals surface area contributed by atoms with E-state index < -0.39 is 0 Å². The van der Waals surface area contributed by atoms with Crippen molar-refractivity contribution >= 4 is 17.3 Å². The van der Waals surface area contributed by atoms with Crippen LogP contribution in [0.15, 0.2) is 89.8 Å². The van der Waals surface area contributed by atoms with Crippen LogP contribution in [0.2, 0.25) is 0 Å². The predicted octanol–water partition coefficient (Wildman–Crippen LogP) is 4.75. The molecular weight excluding hydrogens is 446 g/mol. The van der Waals surface area contributed by atoms with Crippen molar-refractivity contribution in [3.63, 3.8) is 0 Å². The molecule has 1 amide bonds. The van der Waals surface area contributed by atoms with Gasteiger partial charge in [-0.3, -0.25) is 20.2 Å². The molecule has 3 aliphatic rings. The maximum Gasteiger partial charge on any atom is 0.226 e. The highest BCUT2D eigenvalue weighted by Gasteiger charge is 2.51. The molecular formula is C30H31N5O. The maximum atomic E-state index is 13.6. The SMILES string of the molecule is O=C(NCCc1ccccc1)[C@]12CCC3C(c4ccccn4)=NNC(c4ccccn4)=C3[C@@H](CC1)C2. The normalized spacial score (nSPS) is 24.8. The van der Waals surface area contributed by atoms with Crippen molar-refractivity contribution in [1.29, 1.82) is 0 Å². The van der Waals surface area contributed by atoms with Gasteiger partial charge >= 0.3 is 0 Å². The van der Waals surface area contributed by atoms with Crippen molar-refractivity contribution in [3.8, 4) is 0 Å². The van der Waals surface area contributed by atoms with E-state index in [1.165, 1.54) is 11.1 Å². The molecule has 2 fully saturated rings. The van der Waals surface area contributed by atoms with Gasteiger partial charge in [0.1, 0.15) is 0 Å². The number of nitrogens with zero attached hydrogens (tertiary/aromatic N) is 3. The molecule has 2 aromatic heterocycles. The Bertz CT molecular complexity index is 1290. The molecule has 36 heavy (non-hydrogen) atoms. The molecule has 6 heteroatoms. The van der Waals surface area contributed by atoms with E-state index in [-0.39, 0.29) is 17.2 Å². The van der Waals surface area contributed by atoms with E-state index in [0.717, 1.165) is 61.3 Å². The van der Waals surface area contributed by atoms with E-state index in [1.807, 2.05) is 67.0 Å². The summed E-state index contributed by atoms with van der Waals surface area (Å²) in [7, 11) is 0. The Labute approximate surface area is 212 Å². The lowest BCUT2D eigenvalue weighted by molar-refractivity contribution is -0.131. The number of hydrogen-bond acceptors (Lipinski definition) is 5. The number of rotatable bonds is 6. The lowest BCUT2D eigenvalue weighted by Gasteiger charge is -2.32. The van der Waals surface area contributed by atoms with E-state index in [1.54, 1.807) is 0 Å². The first-order valence-corrected chi connectivity index (χ1v) is 13.0. The number of amides is 1. The second-order valence-corrected chi connectivity index (χ2v) is 10.2. The molecule has 1 aromatic carbocycles. The summed E-state index contributed by atoms with van der Waals surface area (Å²) in [6.07, 6.45) is 9.05. The average molecular weight is 478 g/mol. The summed E-state index contributed by atoms with van der Waals surface area (Å²) in [6, 6.07) is 22.3. The van der Waals surface area contributed by atoms with Gasteiger partial charge in [-0.1, -0.05) is 42.5 Å². The number of fused-ring (bicyclic) bond motifs is 4. The molecule has 3 aromatic rings. The molecule has 2 bridgehead atoms. The second kappa shape index (κ2) is 9.69. The fourth-order valence-corrected chi connectivity index (χ4v) is 6.34. The minimum atomic E-state index is -0.323. The van der Waals surface area contributed by atoms with E-state index in [9.17, 15) is 4.79 Å². The topological polar surface area (TPSA) is 79.3 Å². The smallest absolute Gasteiger partial charge is 0.226 e. The third-order valence-corrected chi connectivity index (χ3v) is 8.11. The lowest BCUT2D eigenvalue weighted by Crippen LogP contribution is -2.40. The summed E-state index contributed by atoms with van der Waals surface area (Å²) in [5, 5.41) is 8.11. The molecule has 6 rings (SSSR count). The second-order valence-electron chi connectivity index (χ2n) is 10.2. The van der Waals surface area contributed by atoms with Gasteiger partial charge in [-0.2, -0.15) is 5.10 Å². The summed E-state index contributed by atoms with van der Waals surface area (Å²) in [6.45, 7) is 0.669. The number of aromatic nitrogens is 2. The number of carbonyl (C=O) groups excluding carboxylic acids is 1. The van der Waals surface area contributed by atoms with Crippen LogP contribution in [-0.4, -0.2) is 28.1 Å². The summed E-state index contributed by atoms with van der Waals surface area (Å²) < 4.78 is 0. The summed E-state index contributed by atoms with van der Waals surface area (Å²) in [5.74, 6) is 0.655. The zero-order chi connectivity index (χ0) is 24.4. The van der Waals surface area contributed by atoms with Crippen LogP contribution in [0.5, 0.6) is 0 Å². The van der Waals surface area contributed by atoms with Gasteiger partial charge in [0.15, 0.2) is 0 Å². The standard InChI is InChI=1S/C30H31N5O/c36-29(33-19-14-21-8-2-1-3-9-21)30-15-12-22(20-30)26-23(13-16-30)27(24-10-4-6-17-31-24)34-35-28(26)25-11-5-7-18-32-25/h1-11,17-18,22-23,35H,12-16,19-20H2,(H,33,36)/t22-,23?,30-/m0/s1. The molecule has 0 radical (unpaired) electrons. The first-order valence-electron chi connectivity index (χ1n) is 13.0. The monoisotopic (exact) mass is 477 g/mol. The van der Waals surface area contributed by atoms with Crippen molar-refractivity contribution in [2.45, 2.75) is 38.5 Å². The molecule has 2 N–H and O–H groups in total. The average Bonchev–Trinajstić information content (AvgIpc) is 3.30. The van der Waals surface area contributed by atoms with Crippen LogP contribution >= 0.6 is 0 Å². The number of pyridine rings is 2. The molecule has 3 atom stereocenters. The Hall–Kier alpha value is -3.80. The molecule has 3 heterocycles. The fourth-order valence-electron chi connectivity index (χ4n) is 6.34. The minimum Gasteiger partial charge on any atom is -0.355 e. The number of hydrazone groups is 1. The van der Waals surface area contributed by atoms with Crippen LogP contribution in [0.1, 0.15) is 49.1 Å². The Kier molecular flexibility index (Phi) is 6.09. The number of hydrogen-bond donors (Lipinski definition) is 2. The molecule has 6 nitrogen and oxygen atoms in total. The zero-order valence-corrected chi connectivity index (χ0v) is 20.4. The van der Waals surface area contributed by atoms with E-state index in [0.29, 0.717) is 12.5 Å². The van der Waals surface area contributed by atoms with Crippen molar-refractivity contribution in [2.75, 3.05) is 6.54 Å². The third kappa shape index (κ3) is 4.21. The van der Waals surface area contributed by atoms with Gasteiger partial charge in [0.2, 0.25) is 5.91 Å². The van der Waals surface area contributed by atoms with Gasteiger partial charge in [0, 0.05) is 30.3 Å². The van der Waals surface area contributed by atoms with Gasteiger partial charge in [0.05, 0.1) is 22.8 Å². The third-order valence-electron chi connectivity index (χ3n) is 8.11. The number of benzene rings is 1. The van der Waals surface area contributed by atoms with Crippen LogP contribution in [0.4, 0.5) is 0 Å². The highest BCUT2D eigenvalue weighted by atomic mass is 16.2. The van der Waals surface area contributed by atoms with Crippen molar-refractivity contribution in [2.24, 2.45) is 22.4 Å². The van der Waals surface area contributed by atoms with E-state index in [4.69, 9.17) is 5.10 Å². The van der Waals surface area contributed by atoms with E-state index >= 15 is 0 Å². The van der Waals surface area contributed by atoms with E-state index in [2.05, 4.69) is 32.8 Å². The Morgan fingerprint density at radius 2 is 1.64 bits per heavy atom. The number of nitrogens with one attached hydrogen (secondary N) is 2. The molecule has 1 unspecified atom stereocenters.